The summed E-state index contributed by atoms with van der Waals surface area (Å²) < 4.78 is 11.0. The van der Waals surface area contributed by atoms with Gasteiger partial charge < -0.3 is 14.8 Å². The zero-order chi connectivity index (χ0) is 20.0. The number of anilines is 1. The van der Waals surface area contributed by atoms with E-state index in [0.29, 0.717) is 22.0 Å². The van der Waals surface area contributed by atoms with E-state index in [0.717, 1.165) is 15.6 Å². The molecule has 0 aliphatic rings. The van der Waals surface area contributed by atoms with E-state index in [9.17, 15) is 9.59 Å². The van der Waals surface area contributed by atoms with Gasteiger partial charge in [0.15, 0.2) is 6.61 Å². The molecule has 0 radical (unpaired) electrons. The summed E-state index contributed by atoms with van der Waals surface area (Å²) in [5.41, 5.74) is 3.05. The van der Waals surface area contributed by atoms with E-state index in [-0.39, 0.29) is 0 Å². The highest BCUT2D eigenvalue weighted by Crippen LogP contribution is 2.27. The minimum Gasteiger partial charge on any atom is -0.496 e. The van der Waals surface area contributed by atoms with Crippen LogP contribution in [0.15, 0.2) is 40.9 Å². The maximum absolute atomic E-state index is 12.0. The summed E-state index contributed by atoms with van der Waals surface area (Å²) in [4.78, 5) is 23.9. The van der Waals surface area contributed by atoms with Crippen LogP contribution in [0.25, 0.3) is 6.08 Å². The maximum Gasteiger partial charge on any atom is 0.331 e. The summed E-state index contributed by atoms with van der Waals surface area (Å²) >= 11 is 9.51. The third kappa shape index (κ3) is 6.12. The molecule has 0 aliphatic heterocycles. The molecule has 0 heterocycles. The zero-order valence-corrected chi connectivity index (χ0v) is 17.5. The number of nitrogens with one attached hydrogen (secondary N) is 1. The average molecular weight is 453 g/mol. The van der Waals surface area contributed by atoms with Crippen LogP contribution in [0.5, 0.6) is 5.75 Å². The van der Waals surface area contributed by atoms with Crippen LogP contribution in [-0.4, -0.2) is 25.6 Å². The van der Waals surface area contributed by atoms with E-state index in [2.05, 4.69) is 21.2 Å². The topological polar surface area (TPSA) is 64.6 Å². The van der Waals surface area contributed by atoms with Gasteiger partial charge in [-0.15, -0.1) is 0 Å². The Hall–Kier alpha value is -2.31. The van der Waals surface area contributed by atoms with Gasteiger partial charge in [-0.3, -0.25) is 4.79 Å². The van der Waals surface area contributed by atoms with Gasteiger partial charge in [-0.1, -0.05) is 33.6 Å². The Kier molecular flexibility index (Phi) is 7.45. The van der Waals surface area contributed by atoms with Gasteiger partial charge in [0.1, 0.15) is 5.75 Å². The molecule has 0 spiro atoms. The molecule has 0 bridgehead atoms. The summed E-state index contributed by atoms with van der Waals surface area (Å²) in [6, 6.07) is 9.07. The van der Waals surface area contributed by atoms with Gasteiger partial charge >= 0.3 is 5.97 Å². The Morgan fingerprint density at radius 2 is 1.96 bits per heavy atom. The van der Waals surface area contributed by atoms with Crippen molar-refractivity contribution >= 4 is 51.2 Å². The van der Waals surface area contributed by atoms with E-state index in [4.69, 9.17) is 21.1 Å². The van der Waals surface area contributed by atoms with Crippen LogP contribution in [0.1, 0.15) is 16.7 Å². The molecule has 0 aromatic heterocycles. The molecular formula is C20H19BrClNO4. The van der Waals surface area contributed by atoms with Gasteiger partial charge in [0.25, 0.3) is 5.91 Å². The third-order valence-corrected chi connectivity index (χ3v) is 4.42. The number of methoxy groups -OCH3 is 1. The van der Waals surface area contributed by atoms with Crippen molar-refractivity contribution in [2.24, 2.45) is 0 Å². The molecule has 0 saturated carbocycles. The SMILES string of the molecule is COc1ccc(Br)cc1/C=C/C(=O)OCC(=O)Nc1c(C)cc(C)cc1Cl. The molecule has 0 atom stereocenters. The second kappa shape index (κ2) is 9.58. The molecular weight excluding hydrogens is 434 g/mol. The lowest BCUT2D eigenvalue weighted by atomic mass is 10.1. The largest absolute Gasteiger partial charge is 0.496 e. The van der Waals surface area contributed by atoms with Crippen LogP contribution in [0.2, 0.25) is 5.02 Å². The first-order valence-corrected chi connectivity index (χ1v) is 9.22. The minimum atomic E-state index is -0.640. The number of carbonyl (C=O) groups is 2. The van der Waals surface area contributed by atoms with Gasteiger partial charge in [0.05, 0.1) is 17.8 Å². The maximum atomic E-state index is 12.0. The van der Waals surface area contributed by atoms with Crippen molar-refractivity contribution < 1.29 is 19.1 Å². The molecule has 142 valence electrons. The fourth-order valence-corrected chi connectivity index (χ4v) is 3.17. The first-order chi connectivity index (χ1) is 12.8. The normalized spacial score (nSPS) is 10.7. The summed E-state index contributed by atoms with van der Waals surface area (Å²) in [7, 11) is 1.54. The minimum absolute atomic E-state index is 0.414. The van der Waals surface area contributed by atoms with Crippen molar-refractivity contribution in [1.29, 1.82) is 0 Å². The highest BCUT2D eigenvalue weighted by molar-refractivity contribution is 9.10. The number of halogens is 2. The monoisotopic (exact) mass is 451 g/mol. The van der Waals surface area contributed by atoms with Crippen molar-refractivity contribution in [3.63, 3.8) is 0 Å². The Bertz CT molecular complexity index is 873. The Morgan fingerprint density at radius 3 is 2.63 bits per heavy atom. The molecule has 2 aromatic carbocycles. The lowest BCUT2D eigenvalue weighted by molar-refractivity contribution is -0.142. The number of benzene rings is 2. The molecule has 1 amide bonds. The lowest BCUT2D eigenvalue weighted by Gasteiger charge is -2.11. The van der Waals surface area contributed by atoms with Crippen LogP contribution in [0.4, 0.5) is 5.69 Å². The average Bonchev–Trinajstić information content (AvgIpc) is 2.61. The summed E-state index contributed by atoms with van der Waals surface area (Å²) in [6.07, 6.45) is 2.80. The standard InChI is InChI=1S/C20H19BrClNO4/c1-12-8-13(2)20(16(22)9-12)23-18(24)11-27-19(25)7-4-14-10-15(21)5-6-17(14)26-3/h4-10H,11H2,1-3H3,(H,23,24)/b7-4+. The van der Waals surface area contributed by atoms with Crippen LogP contribution < -0.4 is 10.1 Å². The number of esters is 1. The molecule has 0 aliphatic carbocycles. The zero-order valence-electron chi connectivity index (χ0n) is 15.1. The predicted octanol–water partition coefficient (Wildman–Crippen LogP) is 4.92. The quantitative estimate of drug-likeness (QED) is 0.499. The number of amides is 1. The van der Waals surface area contributed by atoms with Crippen molar-refractivity contribution in [1.82, 2.24) is 0 Å². The lowest BCUT2D eigenvalue weighted by Crippen LogP contribution is -2.20. The summed E-state index contributed by atoms with van der Waals surface area (Å²) in [6.45, 7) is 3.34. The van der Waals surface area contributed by atoms with Gasteiger partial charge in [-0.2, -0.15) is 0 Å². The molecule has 2 rings (SSSR count). The number of ether oxygens (including phenoxy) is 2. The van der Waals surface area contributed by atoms with E-state index < -0.39 is 18.5 Å². The fourth-order valence-electron chi connectivity index (χ4n) is 2.43. The molecule has 5 nitrogen and oxygen atoms in total. The number of hydrogen-bond acceptors (Lipinski definition) is 4. The van der Waals surface area contributed by atoms with Crippen molar-refractivity contribution in [3.05, 3.63) is 62.6 Å². The van der Waals surface area contributed by atoms with Crippen LogP contribution in [-0.2, 0) is 14.3 Å². The van der Waals surface area contributed by atoms with E-state index in [1.807, 2.05) is 26.0 Å². The molecule has 27 heavy (non-hydrogen) atoms. The van der Waals surface area contributed by atoms with Crippen LogP contribution >= 0.6 is 27.5 Å². The summed E-state index contributed by atoms with van der Waals surface area (Å²) in [5, 5.41) is 3.10. The van der Waals surface area contributed by atoms with Gasteiger partial charge in [-0.05, 0) is 55.3 Å². The number of rotatable bonds is 6. The van der Waals surface area contributed by atoms with E-state index in [1.54, 1.807) is 31.4 Å². The van der Waals surface area contributed by atoms with Crippen LogP contribution in [0, 0.1) is 13.8 Å². The van der Waals surface area contributed by atoms with Crippen LogP contribution in [0.3, 0.4) is 0 Å². The molecule has 1 N–H and O–H groups in total. The van der Waals surface area contributed by atoms with E-state index in [1.165, 1.54) is 6.08 Å². The molecule has 2 aromatic rings. The Balaban J connectivity index is 1.94. The third-order valence-electron chi connectivity index (χ3n) is 3.63. The highest BCUT2D eigenvalue weighted by atomic mass is 79.9. The first kappa shape index (κ1) is 21.0. The molecule has 0 saturated heterocycles. The molecule has 7 heteroatoms. The smallest absolute Gasteiger partial charge is 0.331 e. The predicted molar refractivity (Wildman–Crippen MR) is 110 cm³/mol. The van der Waals surface area contributed by atoms with E-state index >= 15 is 0 Å². The number of hydrogen-bond donors (Lipinski definition) is 1. The second-order valence-corrected chi connectivity index (χ2v) is 7.14. The number of carbonyl (C=O) groups excluding carboxylic acids is 2. The molecule has 0 unspecified atom stereocenters. The Morgan fingerprint density at radius 1 is 1.22 bits per heavy atom. The second-order valence-electron chi connectivity index (χ2n) is 5.81. The highest BCUT2D eigenvalue weighted by Gasteiger charge is 2.11. The fraction of sp³-hybridized carbons (Fsp3) is 0.200. The van der Waals surface area contributed by atoms with Gasteiger partial charge in [-0.25, -0.2) is 4.79 Å². The Labute approximate surface area is 171 Å². The van der Waals surface area contributed by atoms with Crippen molar-refractivity contribution in [2.75, 3.05) is 19.0 Å². The van der Waals surface area contributed by atoms with Crippen molar-refractivity contribution in [2.45, 2.75) is 13.8 Å². The van der Waals surface area contributed by atoms with Gasteiger partial charge in [0.2, 0.25) is 0 Å². The molecule has 0 fully saturated rings. The number of aryl methyl sites for hydroxylation is 2. The van der Waals surface area contributed by atoms with Gasteiger partial charge in [0, 0.05) is 16.1 Å². The van der Waals surface area contributed by atoms with Crippen molar-refractivity contribution in [3.8, 4) is 5.75 Å². The summed E-state index contributed by atoms with van der Waals surface area (Å²) in [5.74, 6) is -0.492. The first-order valence-electron chi connectivity index (χ1n) is 8.05.